The molecule has 4 nitrogen and oxygen atoms in total. The van der Waals surface area contributed by atoms with Crippen LogP contribution in [-0.2, 0) is 0 Å². The van der Waals surface area contributed by atoms with Crippen LogP contribution >= 0.6 is 11.3 Å². The maximum absolute atomic E-state index is 11.0. The van der Waals surface area contributed by atoms with Gasteiger partial charge >= 0.3 is 0 Å². The summed E-state index contributed by atoms with van der Waals surface area (Å²) in [5, 5.41) is 4.22. The maximum atomic E-state index is 11.0. The second-order valence-corrected chi connectivity index (χ2v) is 5.48. The lowest BCUT2D eigenvalue weighted by Crippen LogP contribution is -2.11. The van der Waals surface area contributed by atoms with Crippen LogP contribution in [0, 0.1) is 5.41 Å². The Morgan fingerprint density at radius 3 is 2.80 bits per heavy atom. The first-order valence-corrected chi connectivity index (χ1v) is 5.75. The van der Waals surface area contributed by atoms with E-state index < -0.39 is 5.91 Å². The monoisotopic (exact) mass is 225 g/mol. The Balaban J connectivity index is 2.02. The molecule has 1 fully saturated rings. The largest absolute Gasteiger partial charge is 0.397 e. The van der Waals surface area contributed by atoms with Gasteiger partial charge in [-0.25, -0.2) is 0 Å². The number of nitrogens with one attached hydrogen (secondary N) is 1. The number of carbonyl (C=O) groups excluding carboxylic acids is 1. The lowest BCUT2D eigenvalue weighted by molar-refractivity contribution is 0.100. The molecule has 0 saturated heterocycles. The lowest BCUT2D eigenvalue weighted by atomic mass is 10.1. The van der Waals surface area contributed by atoms with Crippen LogP contribution in [0.1, 0.15) is 29.4 Å². The third-order valence-corrected chi connectivity index (χ3v) is 3.90. The van der Waals surface area contributed by atoms with Crippen LogP contribution < -0.4 is 16.8 Å². The van der Waals surface area contributed by atoms with Crippen molar-refractivity contribution in [3.63, 3.8) is 0 Å². The molecule has 1 saturated carbocycles. The van der Waals surface area contributed by atoms with Crippen molar-refractivity contribution in [3.8, 4) is 0 Å². The van der Waals surface area contributed by atoms with E-state index in [1.54, 1.807) is 6.07 Å². The van der Waals surface area contributed by atoms with Crippen LogP contribution in [0.4, 0.5) is 10.7 Å². The summed E-state index contributed by atoms with van der Waals surface area (Å²) in [5.41, 5.74) is 11.8. The molecular formula is C10H15N3OS. The predicted molar refractivity (Wildman–Crippen MR) is 63.1 cm³/mol. The Morgan fingerprint density at radius 2 is 2.33 bits per heavy atom. The molecule has 1 amide bonds. The van der Waals surface area contributed by atoms with Crippen LogP contribution in [0.25, 0.3) is 0 Å². The molecule has 0 atom stereocenters. The van der Waals surface area contributed by atoms with E-state index in [2.05, 4.69) is 12.2 Å². The minimum atomic E-state index is -0.455. The van der Waals surface area contributed by atoms with Crippen molar-refractivity contribution in [2.45, 2.75) is 19.8 Å². The molecule has 1 aromatic heterocycles. The molecule has 1 aliphatic carbocycles. The second-order valence-electron chi connectivity index (χ2n) is 4.42. The topological polar surface area (TPSA) is 81.1 Å². The van der Waals surface area contributed by atoms with Crippen molar-refractivity contribution in [2.24, 2.45) is 11.1 Å². The highest BCUT2D eigenvalue weighted by Gasteiger charge is 2.36. The number of primary amides is 1. The molecule has 0 aromatic carbocycles. The van der Waals surface area contributed by atoms with E-state index in [-0.39, 0.29) is 0 Å². The summed E-state index contributed by atoms with van der Waals surface area (Å²) in [6.07, 6.45) is 2.53. The average molecular weight is 225 g/mol. The van der Waals surface area contributed by atoms with Gasteiger partial charge in [0.25, 0.3) is 5.91 Å². The summed E-state index contributed by atoms with van der Waals surface area (Å²) in [5.74, 6) is -0.455. The number of nitrogens with two attached hydrogens (primary N) is 2. The number of carbonyl (C=O) groups is 1. The molecule has 0 spiro atoms. The fourth-order valence-corrected chi connectivity index (χ4v) is 2.20. The Bertz CT molecular complexity index is 395. The van der Waals surface area contributed by atoms with E-state index in [0.717, 1.165) is 11.5 Å². The second kappa shape index (κ2) is 3.41. The van der Waals surface area contributed by atoms with E-state index in [9.17, 15) is 4.79 Å². The molecule has 2 rings (SSSR count). The van der Waals surface area contributed by atoms with Crippen LogP contribution in [0.2, 0.25) is 0 Å². The normalized spacial score (nSPS) is 17.4. The molecule has 82 valence electrons. The fraction of sp³-hybridized carbons (Fsp3) is 0.500. The summed E-state index contributed by atoms with van der Waals surface area (Å²) in [6.45, 7) is 3.18. The SMILES string of the molecule is CC1(CNc2cc(N)c(C(N)=O)s2)CC1. The van der Waals surface area contributed by atoms with Crippen molar-refractivity contribution >= 4 is 27.9 Å². The molecule has 5 N–H and O–H groups in total. The first-order chi connectivity index (χ1) is 7.00. The molecule has 0 aliphatic heterocycles. The number of hydrogen-bond donors (Lipinski definition) is 3. The van der Waals surface area contributed by atoms with Crippen molar-refractivity contribution < 1.29 is 4.79 Å². The number of rotatable bonds is 4. The number of nitrogen functional groups attached to an aromatic ring is 1. The minimum absolute atomic E-state index is 0.436. The van der Waals surface area contributed by atoms with Gasteiger partial charge < -0.3 is 16.8 Å². The van der Waals surface area contributed by atoms with Gasteiger partial charge in [-0.3, -0.25) is 4.79 Å². The van der Waals surface area contributed by atoms with E-state index in [1.807, 2.05) is 0 Å². The zero-order chi connectivity index (χ0) is 11.1. The van der Waals surface area contributed by atoms with Gasteiger partial charge in [-0.1, -0.05) is 6.92 Å². The van der Waals surface area contributed by atoms with E-state index in [4.69, 9.17) is 11.5 Å². The van der Waals surface area contributed by atoms with Gasteiger partial charge in [0.1, 0.15) is 4.88 Å². The maximum Gasteiger partial charge on any atom is 0.260 e. The molecule has 15 heavy (non-hydrogen) atoms. The first-order valence-electron chi connectivity index (χ1n) is 4.93. The molecule has 1 aromatic rings. The highest BCUT2D eigenvalue weighted by Crippen LogP contribution is 2.45. The third-order valence-electron chi connectivity index (χ3n) is 2.78. The Morgan fingerprint density at radius 1 is 1.67 bits per heavy atom. The Labute approximate surface area is 92.6 Å². The summed E-state index contributed by atoms with van der Waals surface area (Å²) >= 11 is 1.33. The Hall–Kier alpha value is -1.23. The number of thiophene rings is 1. The van der Waals surface area contributed by atoms with Gasteiger partial charge in [-0.15, -0.1) is 11.3 Å². The van der Waals surface area contributed by atoms with Gasteiger partial charge in [0.15, 0.2) is 0 Å². The molecule has 5 heteroatoms. The smallest absolute Gasteiger partial charge is 0.260 e. The summed E-state index contributed by atoms with van der Waals surface area (Å²) in [4.78, 5) is 11.4. The van der Waals surface area contributed by atoms with Crippen molar-refractivity contribution in [1.82, 2.24) is 0 Å². The minimum Gasteiger partial charge on any atom is -0.397 e. The van der Waals surface area contributed by atoms with Gasteiger partial charge in [0, 0.05) is 6.54 Å². The Kier molecular flexibility index (Phi) is 2.34. The van der Waals surface area contributed by atoms with E-state index >= 15 is 0 Å². The predicted octanol–water partition coefficient (Wildman–Crippen LogP) is 1.64. The summed E-state index contributed by atoms with van der Waals surface area (Å²) in [7, 11) is 0. The standard InChI is InChI=1S/C10H15N3OS/c1-10(2-3-10)5-13-7-4-6(11)8(15-7)9(12)14/h4,13H,2-3,5,11H2,1H3,(H2,12,14). The zero-order valence-electron chi connectivity index (χ0n) is 8.67. The van der Waals surface area contributed by atoms with Crippen LogP contribution in [0.5, 0.6) is 0 Å². The van der Waals surface area contributed by atoms with Crippen LogP contribution in [0.15, 0.2) is 6.07 Å². The van der Waals surface area contributed by atoms with Gasteiger partial charge in [-0.05, 0) is 24.3 Å². The van der Waals surface area contributed by atoms with Gasteiger partial charge in [-0.2, -0.15) is 0 Å². The van der Waals surface area contributed by atoms with Crippen LogP contribution in [0.3, 0.4) is 0 Å². The third kappa shape index (κ3) is 2.23. The lowest BCUT2D eigenvalue weighted by Gasteiger charge is -2.08. The summed E-state index contributed by atoms with van der Waals surface area (Å²) < 4.78 is 0. The molecule has 0 bridgehead atoms. The van der Waals surface area contributed by atoms with Gasteiger partial charge in [0.05, 0.1) is 10.7 Å². The number of amides is 1. The molecule has 0 radical (unpaired) electrons. The molecule has 1 aliphatic rings. The highest BCUT2D eigenvalue weighted by atomic mass is 32.1. The molecular weight excluding hydrogens is 210 g/mol. The fourth-order valence-electron chi connectivity index (χ4n) is 1.38. The number of anilines is 2. The van der Waals surface area contributed by atoms with Gasteiger partial charge in [0.2, 0.25) is 0 Å². The summed E-state index contributed by atoms with van der Waals surface area (Å²) in [6, 6.07) is 1.77. The quantitative estimate of drug-likeness (QED) is 0.728. The molecule has 0 unspecified atom stereocenters. The van der Waals surface area contributed by atoms with Crippen LogP contribution in [-0.4, -0.2) is 12.5 Å². The first kappa shape index (κ1) is 10.3. The van der Waals surface area contributed by atoms with E-state index in [0.29, 0.717) is 16.0 Å². The van der Waals surface area contributed by atoms with Crippen molar-refractivity contribution in [1.29, 1.82) is 0 Å². The van der Waals surface area contributed by atoms with Crippen molar-refractivity contribution in [2.75, 3.05) is 17.6 Å². The zero-order valence-corrected chi connectivity index (χ0v) is 9.49. The average Bonchev–Trinajstić information content (AvgIpc) is 2.75. The van der Waals surface area contributed by atoms with Crippen molar-refractivity contribution in [3.05, 3.63) is 10.9 Å². The highest BCUT2D eigenvalue weighted by molar-refractivity contribution is 7.18. The van der Waals surface area contributed by atoms with E-state index in [1.165, 1.54) is 24.2 Å². The molecule has 1 heterocycles. The number of hydrogen-bond acceptors (Lipinski definition) is 4.